The third kappa shape index (κ3) is 4.38. The maximum Gasteiger partial charge on any atom is 0.119 e. The summed E-state index contributed by atoms with van der Waals surface area (Å²) in [4.78, 5) is 1.10. The fraction of sp³-hybridized carbons (Fsp3) is 0.250. The molecule has 0 aromatic heterocycles. The van der Waals surface area contributed by atoms with E-state index in [0.29, 0.717) is 13.2 Å². The second kappa shape index (κ2) is 7.70. The minimum Gasteiger partial charge on any atom is -0.494 e. The van der Waals surface area contributed by atoms with Crippen molar-refractivity contribution in [2.45, 2.75) is 11.8 Å². The van der Waals surface area contributed by atoms with Crippen LogP contribution in [0.3, 0.4) is 0 Å². The second-order valence-electron chi connectivity index (χ2n) is 4.14. The minimum atomic E-state index is 0.646. The van der Waals surface area contributed by atoms with Crippen molar-refractivity contribution >= 4 is 17.4 Å². The van der Waals surface area contributed by atoms with E-state index in [2.05, 4.69) is 0 Å². The zero-order chi connectivity index (χ0) is 14.2. The van der Waals surface area contributed by atoms with Gasteiger partial charge < -0.3 is 15.2 Å². The minimum absolute atomic E-state index is 0.646. The average molecular weight is 289 g/mol. The van der Waals surface area contributed by atoms with Crippen molar-refractivity contribution in [3.63, 3.8) is 0 Å². The predicted octanol–water partition coefficient (Wildman–Crippen LogP) is 3.84. The first kappa shape index (κ1) is 14.6. The number of hydrogen-bond acceptors (Lipinski definition) is 4. The Balaban J connectivity index is 1.74. The summed E-state index contributed by atoms with van der Waals surface area (Å²) < 4.78 is 11.1. The van der Waals surface area contributed by atoms with E-state index in [9.17, 15) is 0 Å². The predicted molar refractivity (Wildman–Crippen MR) is 84.7 cm³/mol. The number of rotatable bonds is 7. The van der Waals surface area contributed by atoms with Gasteiger partial charge in [0.1, 0.15) is 11.5 Å². The van der Waals surface area contributed by atoms with E-state index < -0.39 is 0 Å². The van der Waals surface area contributed by atoms with Crippen LogP contribution in [0.5, 0.6) is 11.5 Å². The first-order chi connectivity index (χ1) is 9.79. The first-order valence-corrected chi connectivity index (χ1v) is 7.61. The van der Waals surface area contributed by atoms with Gasteiger partial charge in [-0.15, -0.1) is 11.8 Å². The molecular weight excluding hydrogens is 270 g/mol. The highest BCUT2D eigenvalue weighted by molar-refractivity contribution is 7.99. The third-order valence-electron chi connectivity index (χ3n) is 2.66. The van der Waals surface area contributed by atoms with Crippen LogP contribution in [-0.2, 0) is 0 Å². The molecule has 0 heterocycles. The van der Waals surface area contributed by atoms with Gasteiger partial charge in [-0.3, -0.25) is 0 Å². The molecule has 3 nitrogen and oxygen atoms in total. The van der Waals surface area contributed by atoms with E-state index in [1.54, 1.807) is 11.8 Å². The van der Waals surface area contributed by atoms with Crippen LogP contribution in [0.15, 0.2) is 53.4 Å². The lowest BCUT2D eigenvalue weighted by atomic mass is 10.3. The fourth-order valence-corrected chi connectivity index (χ4v) is 2.52. The van der Waals surface area contributed by atoms with E-state index in [1.165, 1.54) is 0 Å². The van der Waals surface area contributed by atoms with E-state index in [1.807, 2.05) is 55.5 Å². The Morgan fingerprint density at radius 1 is 0.950 bits per heavy atom. The lowest BCUT2D eigenvalue weighted by molar-refractivity contribution is 0.332. The van der Waals surface area contributed by atoms with Crippen LogP contribution in [0, 0.1) is 0 Å². The zero-order valence-electron chi connectivity index (χ0n) is 11.5. The molecule has 4 heteroatoms. The van der Waals surface area contributed by atoms with Crippen molar-refractivity contribution in [3.8, 4) is 11.5 Å². The highest BCUT2D eigenvalue weighted by atomic mass is 32.2. The second-order valence-corrected chi connectivity index (χ2v) is 5.28. The Labute approximate surface area is 124 Å². The summed E-state index contributed by atoms with van der Waals surface area (Å²) in [5, 5.41) is 0. The highest BCUT2D eigenvalue weighted by Gasteiger charge is 1.99. The Morgan fingerprint density at radius 3 is 2.25 bits per heavy atom. The van der Waals surface area contributed by atoms with Gasteiger partial charge in [-0.25, -0.2) is 0 Å². The molecule has 20 heavy (non-hydrogen) atoms. The monoisotopic (exact) mass is 289 g/mol. The van der Waals surface area contributed by atoms with Gasteiger partial charge in [0.15, 0.2) is 0 Å². The van der Waals surface area contributed by atoms with Crippen LogP contribution in [0.1, 0.15) is 6.92 Å². The Hall–Kier alpha value is -1.81. The SMILES string of the molecule is CCOc1ccc(OCCSc2ccccc2N)cc1. The van der Waals surface area contributed by atoms with Crippen LogP contribution in [0.25, 0.3) is 0 Å². The Bertz CT molecular complexity index is 528. The largest absolute Gasteiger partial charge is 0.494 e. The Morgan fingerprint density at radius 2 is 1.60 bits per heavy atom. The van der Waals surface area contributed by atoms with Gasteiger partial charge in [0, 0.05) is 16.3 Å². The number of para-hydroxylation sites is 1. The molecule has 0 aliphatic rings. The van der Waals surface area contributed by atoms with Crippen LogP contribution in [-0.4, -0.2) is 19.0 Å². The van der Waals surface area contributed by atoms with E-state index in [-0.39, 0.29) is 0 Å². The average Bonchev–Trinajstić information content (AvgIpc) is 2.47. The molecule has 2 rings (SSSR count). The van der Waals surface area contributed by atoms with Crippen LogP contribution in [0.2, 0.25) is 0 Å². The zero-order valence-corrected chi connectivity index (χ0v) is 12.4. The lowest BCUT2D eigenvalue weighted by Crippen LogP contribution is -2.00. The van der Waals surface area contributed by atoms with Crippen molar-refractivity contribution in [1.82, 2.24) is 0 Å². The van der Waals surface area contributed by atoms with Crippen molar-refractivity contribution in [2.24, 2.45) is 0 Å². The van der Waals surface area contributed by atoms with Gasteiger partial charge in [0.25, 0.3) is 0 Å². The number of hydrogen-bond donors (Lipinski definition) is 1. The molecule has 0 unspecified atom stereocenters. The molecule has 0 spiro atoms. The molecule has 2 aromatic carbocycles. The van der Waals surface area contributed by atoms with Crippen molar-refractivity contribution in [2.75, 3.05) is 24.7 Å². The maximum atomic E-state index is 5.88. The molecule has 2 aromatic rings. The molecule has 0 aliphatic heterocycles. The Kier molecular flexibility index (Phi) is 5.62. The lowest BCUT2D eigenvalue weighted by Gasteiger charge is -2.08. The molecule has 0 aliphatic carbocycles. The normalized spacial score (nSPS) is 10.2. The van der Waals surface area contributed by atoms with Gasteiger partial charge in [0.05, 0.1) is 13.2 Å². The number of anilines is 1. The third-order valence-corrected chi connectivity index (χ3v) is 3.72. The summed E-state index contributed by atoms with van der Waals surface area (Å²) >= 11 is 1.70. The fourth-order valence-electron chi connectivity index (χ4n) is 1.72. The van der Waals surface area contributed by atoms with Crippen molar-refractivity contribution in [3.05, 3.63) is 48.5 Å². The molecule has 106 valence electrons. The van der Waals surface area contributed by atoms with Crippen molar-refractivity contribution in [1.29, 1.82) is 0 Å². The van der Waals surface area contributed by atoms with Gasteiger partial charge >= 0.3 is 0 Å². The number of ether oxygens (including phenoxy) is 2. The van der Waals surface area contributed by atoms with Gasteiger partial charge in [-0.2, -0.15) is 0 Å². The van der Waals surface area contributed by atoms with Crippen LogP contribution in [0.4, 0.5) is 5.69 Å². The van der Waals surface area contributed by atoms with Gasteiger partial charge in [-0.05, 0) is 43.3 Å². The molecule has 0 amide bonds. The van der Waals surface area contributed by atoms with Crippen molar-refractivity contribution < 1.29 is 9.47 Å². The molecule has 0 atom stereocenters. The molecule has 0 fully saturated rings. The summed E-state index contributed by atoms with van der Waals surface area (Å²) in [6.45, 7) is 3.29. The summed E-state index contributed by atoms with van der Waals surface area (Å²) in [6, 6.07) is 15.6. The summed E-state index contributed by atoms with van der Waals surface area (Å²) in [5.41, 5.74) is 6.70. The molecule has 0 radical (unpaired) electrons. The standard InChI is InChI=1S/C16H19NO2S/c1-2-18-13-7-9-14(10-8-13)19-11-12-20-16-6-4-3-5-15(16)17/h3-10H,2,11-12,17H2,1H3. The van der Waals surface area contributed by atoms with Crippen LogP contribution >= 0.6 is 11.8 Å². The van der Waals surface area contributed by atoms with E-state index in [4.69, 9.17) is 15.2 Å². The van der Waals surface area contributed by atoms with Crippen LogP contribution < -0.4 is 15.2 Å². The van der Waals surface area contributed by atoms with E-state index in [0.717, 1.165) is 27.8 Å². The molecule has 2 N–H and O–H groups in total. The maximum absolute atomic E-state index is 5.88. The molecule has 0 saturated carbocycles. The number of nitrogen functional groups attached to an aromatic ring is 1. The van der Waals surface area contributed by atoms with E-state index >= 15 is 0 Å². The van der Waals surface area contributed by atoms with Gasteiger partial charge in [-0.1, -0.05) is 12.1 Å². The number of benzene rings is 2. The molecule has 0 bridgehead atoms. The summed E-state index contributed by atoms with van der Waals surface area (Å²) in [7, 11) is 0. The topological polar surface area (TPSA) is 44.5 Å². The molecule has 0 saturated heterocycles. The number of nitrogens with two attached hydrogens (primary N) is 1. The quantitative estimate of drug-likeness (QED) is 0.478. The number of thioether (sulfide) groups is 1. The first-order valence-electron chi connectivity index (χ1n) is 6.62. The highest BCUT2D eigenvalue weighted by Crippen LogP contribution is 2.24. The smallest absolute Gasteiger partial charge is 0.119 e. The van der Waals surface area contributed by atoms with Gasteiger partial charge in [0.2, 0.25) is 0 Å². The molecular formula is C16H19NO2S. The summed E-state index contributed by atoms with van der Waals surface area (Å²) in [6.07, 6.45) is 0. The summed E-state index contributed by atoms with van der Waals surface area (Å²) in [5.74, 6) is 2.59.